The molecule has 1 fully saturated rings. The molecule has 0 atom stereocenters. The number of aromatic nitrogens is 2. The molecule has 1 saturated carbocycles. The second kappa shape index (κ2) is 7.90. The van der Waals surface area contributed by atoms with Crippen LogP contribution in [-0.4, -0.2) is 21.9 Å². The monoisotopic (exact) mass is 366 g/mol. The van der Waals surface area contributed by atoms with E-state index >= 15 is 0 Å². The van der Waals surface area contributed by atoms with Crippen molar-refractivity contribution in [3.63, 3.8) is 0 Å². The molecule has 7 heteroatoms. The fraction of sp³-hybridized carbons (Fsp3) is 0.412. The highest BCUT2D eigenvalue weighted by Gasteiger charge is 2.17. The second-order valence-corrected chi connectivity index (χ2v) is 6.93. The normalized spacial score (nSPS) is 15.2. The van der Waals surface area contributed by atoms with Crippen LogP contribution in [0.2, 0.25) is 10.0 Å². The van der Waals surface area contributed by atoms with Crippen molar-refractivity contribution in [2.45, 2.75) is 44.7 Å². The van der Waals surface area contributed by atoms with Crippen molar-refractivity contribution in [3.05, 3.63) is 46.1 Å². The van der Waals surface area contributed by atoms with E-state index in [2.05, 4.69) is 15.7 Å². The zero-order valence-electron chi connectivity index (χ0n) is 13.3. The Kier molecular flexibility index (Phi) is 5.63. The molecule has 2 aromatic rings. The van der Waals surface area contributed by atoms with Crippen LogP contribution < -0.4 is 10.6 Å². The molecule has 0 saturated heterocycles. The van der Waals surface area contributed by atoms with Crippen LogP contribution in [0.3, 0.4) is 0 Å². The smallest absolute Gasteiger partial charge is 0.320 e. The molecular weight excluding hydrogens is 347 g/mol. The lowest BCUT2D eigenvalue weighted by Crippen LogP contribution is -2.39. The Balaban J connectivity index is 1.58. The lowest BCUT2D eigenvalue weighted by molar-refractivity contribution is 0.244. The van der Waals surface area contributed by atoms with E-state index in [1.54, 1.807) is 10.9 Å². The molecule has 0 radical (unpaired) electrons. The van der Waals surface area contributed by atoms with Crippen LogP contribution in [-0.2, 0) is 6.54 Å². The standard InChI is InChI=1S/C17H20Cl2N4O/c18-13-8-6-12(7-9-13)10-23-11-15(19)16(22-23)21-17(24)20-14-4-2-1-3-5-14/h6-9,11,14H,1-5,10H2,(H2,20,21,22,24). The Bertz CT molecular complexity index is 693. The Morgan fingerprint density at radius 2 is 1.88 bits per heavy atom. The number of carbonyl (C=O) groups is 1. The highest BCUT2D eigenvalue weighted by Crippen LogP contribution is 2.21. The van der Waals surface area contributed by atoms with Gasteiger partial charge in [0, 0.05) is 17.3 Å². The molecule has 1 aromatic heterocycles. The molecule has 0 aliphatic heterocycles. The van der Waals surface area contributed by atoms with Crippen LogP contribution in [0.4, 0.5) is 10.6 Å². The van der Waals surface area contributed by atoms with Crippen molar-refractivity contribution in [2.75, 3.05) is 5.32 Å². The molecular formula is C17H20Cl2N4O. The molecule has 128 valence electrons. The predicted molar refractivity (Wildman–Crippen MR) is 96.8 cm³/mol. The van der Waals surface area contributed by atoms with Gasteiger partial charge in [-0.3, -0.25) is 10.00 Å². The third-order valence-electron chi connectivity index (χ3n) is 4.15. The SMILES string of the molecule is O=C(Nc1nn(Cc2ccc(Cl)cc2)cc1Cl)NC1CCCCC1. The van der Waals surface area contributed by atoms with E-state index < -0.39 is 0 Å². The summed E-state index contributed by atoms with van der Waals surface area (Å²) >= 11 is 12.1. The molecule has 1 aromatic carbocycles. The number of anilines is 1. The number of carbonyl (C=O) groups excluding carboxylic acids is 1. The molecule has 0 spiro atoms. The van der Waals surface area contributed by atoms with Gasteiger partial charge in [-0.1, -0.05) is 54.6 Å². The molecule has 1 aliphatic rings. The number of benzene rings is 1. The van der Waals surface area contributed by atoms with Crippen LogP contribution in [0, 0.1) is 0 Å². The van der Waals surface area contributed by atoms with Crippen LogP contribution in [0.25, 0.3) is 0 Å². The molecule has 5 nitrogen and oxygen atoms in total. The van der Waals surface area contributed by atoms with Gasteiger partial charge in [0.25, 0.3) is 0 Å². The van der Waals surface area contributed by atoms with Crippen LogP contribution in [0.15, 0.2) is 30.5 Å². The fourth-order valence-electron chi connectivity index (χ4n) is 2.92. The summed E-state index contributed by atoms with van der Waals surface area (Å²) in [6.07, 6.45) is 7.36. The molecule has 1 aliphatic carbocycles. The van der Waals surface area contributed by atoms with Crippen molar-refractivity contribution in [3.8, 4) is 0 Å². The number of hydrogen-bond acceptors (Lipinski definition) is 2. The summed E-state index contributed by atoms with van der Waals surface area (Å²) in [6.45, 7) is 0.558. The van der Waals surface area contributed by atoms with E-state index in [-0.39, 0.29) is 12.1 Å². The third-order valence-corrected chi connectivity index (χ3v) is 4.68. The van der Waals surface area contributed by atoms with Gasteiger partial charge in [0.15, 0.2) is 5.82 Å². The molecule has 2 amide bonds. The predicted octanol–water partition coefficient (Wildman–Crippen LogP) is 4.69. The number of nitrogens with one attached hydrogen (secondary N) is 2. The van der Waals surface area contributed by atoms with Gasteiger partial charge >= 0.3 is 6.03 Å². The van der Waals surface area contributed by atoms with Gasteiger partial charge in [0.2, 0.25) is 0 Å². The Morgan fingerprint density at radius 1 is 1.17 bits per heavy atom. The molecule has 0 unspecified atom stereocenters. The second-order valence-electron chi connectivity index (χ2n) is 6.08. The Hall–Kier alpha value is -1.72. The van der Waals surface area contributed by atoms with Gasteiger partial charge in [-0.15, -0.1) is 0 Å². The van der Waals surface area contributed by atoms with E-state index in [1.807, 2.05) is 24.3 Å². The van der Waals surface area contributed by atoms with Gasteiger partial charge in [-0.05, 0) is 30.5 Å². The van der Waals surface area contributed by atoms with Crippen LogP contribution in [0.5, 0.6) is 0 Å². The van der Waals surface area contributed by atoms with Crippen molar-refractivity contribution in [1.82, 2.24) is 15.1 Å². The highest BCUT2D eigenvalue weighted by atomic mass is 35.5. The van der Waals surface area contributed by atoms with Gasteiger partial charge in [0.1, 0.15) is 5.02 Å². The lowest BCUT2D eigenvalue weighted by atomic mass is 9.96. The zero-order chi connectivity index (χ0) is 16.9. The summed E-state index contributed by atoms with van der Waals surface area (Å²) in [4.78, 5) is 12.1. The zero-order valence-corrected chi connectivity index (χ0v) is 14.8. The third kappa shape index (κ3) is 4.65. The minimum absolute atomic E-state index is 0.244. The minimum atomic E-state index is -0.249. The summed E-state index contributed by atoms with van der Waals surface area (Å²) in [5.74, 6) is 0.374. The van der Waals surface area contributed by atoms with Crippen LogP contribution in [0.1, 0.15) is 37.7 Å². The summed E-state index contributed by atoms with van der Waals surface area (Å²) in [7, 11) is 0. The van der Waals surface area contributed by atoms with Gasteiger partial charge in [0.05, 0.1) is 6.54 Å². The number of amides is 2. The maximum Gasteiger partial charge on any atom is 0.320 e. The van der Waals surface area contributed by atoms with E-state index in [0.717, 1.165) is 18.4 Å². The molecule has 3 rings (SSSR count). The van der Waals surface area contributed by atoms with Crippen molar-refractivity contribution < 1.29 is 4.79 Å². The maximum absolute atomic E-state index is 12.1. The van der Waals surface area contributed by atoms with Crippen LogP contribution >= 0.6 is 23.2 Å². The van der Waals surface area contributed by atoms with E-state index in [1.165, 1.54) is 19.3 Å². The first-order chi connectivity index (χ1) is 11.6. The highest BCUT2D eigenvalue weighted by molar-refractivity contribution is 6.33. The van der Waals surface area contributed by atoms with E-state index in [9.17, 15) is 4.79 Å². The average molecular weight is 367 g/mol. The minimum Gasteiger partial charge on any atom is -0.335 e. The first-order valence-electron chi connectivity index (χ1n) is 8.15. The van der Waals surface area contributed by atoms with Crippen molar-refractivity contribution in [2.24, 2.45) is 0 Å². The summed E-state index contributed by atoms with van der Waals surface area (Å²) in [5, 5.41) is 11.2. The van der Waals surface area contributed by atoms with Gasteiger partial charge in [-0.25, -0.2) is 4.79 Å². The van der Waals surface area contributed by atoms with E-state index in [0.29, 0.717) is 22.4 Å². The molecule has 1 heterocycles. The maximum atomic E-state index is 12.1. The first kappa shape index (κ1) is 17.1. The molecule has 2 N–H and O–H groups in total. The van der Waals surface area contributed by atoms with Crippen molar-refractivity contribution in [1.29, 1.82) is 0 Å². The number of halogens is 2. The summed E-state index contributed by atoms with van der Waals surface area (Å²) in [6, 6.07) is 7.52. The molecule has 0 bridgehead atoms. The lowest BCUT2D eigenvalue weighted by Gasteiger charge is -2.22. The summed E-state index contributed by atoms with van der Waals surface area (Å²) < 4.78 is 1.70. The topological polar surface area (TPSA) is 59.0 Å². The fourth-order valence-corrected chi connectivity index (χ4v) is 3.24. The summed E-state index contributed by atoms with van der Waals surface area (Å²) in [5.41, 5.74) is 1.05. The average Bonchev–Trinajstić information content (AvgIpc) is 2.90. The largest absolute Gasteiger partial charge is 0.335 e. The van der Waals surface area contributed by atoms with E-state index in [4.69, 9.17) is 23.2 Å². The van der Waals surface area contributed by atoms with Gasteiger partial charge < -0.3 is 5.32 Å². The number of nitrogens with zero attached hydrogens (tertiary/aromatic N) is 2. The number of rotatable bonds is 4. The van der Waals surface area contributed by atoms with Gasteiger partial charge in [-0.2, -0.15) is 5.10 Å². The quantitative estimate of drug-likeness (QED) is 0.824. The Morgan fingerprint density at radius 3 is 2.58 bits per heavy atom. The molecule has 24 heavy (non-hydrogen) atoms. The first-order valence-corrected chi connectivity index (χ1v) is 8.90. The Labute approximate surface area is 151 Å². The number of hydrogen-bond donors (Lipinski definition) is 2. The van der Waals surface area contributed by atoms with Crippen molar-refractivity contribution >= 4 is 35.1 Å². The number of urea groups is 1.